The molecule has 0 unspecified atom stereocenters. The summed E-state index contributed by atoms with van der Waals surface area (Å²) in [5.74, 6) is 2.02. The van der Waals surface area contributed by atoms with Crippen LogP contribution in [0.4, 0.5) is 0 Å². The largest absolute Gasteiger partial charge is 0.508 e. The van der Waals surface area contributed by atoms with Crippen LogP contribution in [0.25, 0.3) is 11.6 Å². The number of hydrogen-bond acceptors (Lipinski definition) is 8. The van der Waals surface area contributed by atoms with Crippen molar-refractivity contribution in [1.29, 1.82) is 0 Å². The second kappa shape index (κ2) is 6.14. The minimum atomic E-state index is -0.641. The minimum absolute atomic E-state index is 0.204. The zero-order valence-corrected chi connectivity index (χ0v) is 14.2. The fraction of sp³-hybridized carbons (Fsp3) is 0.222. The summed E-state index contributed by atoms with van der Waals surface area (Å²) < 4.78 is 11.1. The Morgan fingerprint density at radius 2 is 1.92 bits per heavy atom. The van der Waals surface area contributed by atoms with Gasteiger partial charge >= 0.3 is 0 Å². The van der Waals surface area contributed by atoms with Gasteiger partial charge in [0, 0.05) is 6.92 Å². The molecule has 0 saturated heterocycles. The first kappa shape index (κ1) is 16.1. The number of nitrogens with zero attached hydrogens (tertiary/aromatic N) is 4. The molecule has 0 amide bonds. The monoisotopic (exact) mass is 352 g/mol. The molecule has 3 aromatic rings. The van der Waals surface area contributed by atoms with Crippen LogP contribution < -0.4 is 4.74 Å². The molecule has 2 aromatic heterocycles. The molecule has 0 saturated carbocycles. The first-order valence-electron chi connectivity index (χ1n) is 8.01. The summed E-state index contributed by atoms with van der Waals surface area (Å²) in [7, 11) is 0. The SMILES string of the molecule is Cc1nnc(-c2ccc(OC3=NO[C@@](C)(c4ccc(O)cc4)C3)cn2)o1. The lowest BCUT2D eigenvalue weighted by Crippen LogP contribution is -2.23. The predicted molar refractivity (Wildman–Crippen MR) is 91.5 cm³/mol. The second-order valence-corrected chi connectivity index (χ2v) is 6.14. The Hall–Kier alpha value is -3.42. The minimum Gasteiger partial charge on any atom is -0.508 e. The average Bonchev–Trinajstić information content (AvgIpc) is 3.23. The molecule has 26 heavy (non-hydrogen) atoms. The molecule has 8 nitrogen and oxygen atoms in total. The molecule has 1 N–H and O–H groups in total. The lowest BCUT2D eigenvalue weighted by atomic mass is 9.93. The van der Waals surface area contributed by atoms with Crippen molar-refractivity contribution in [3.8, 4) is 23.1 Å². The van der Waals surface area contributed by atoms with Crippen molar-refractivity contribution in [1.82, 2.24) is 15.2 Å². The summed E-state index contributed by atoms with van der Waals surface area (Å²) in [6, 6.07) is 10.3. The molecular weight excluding hydrogens is 336 g/mol. The summed E-state index contributed by atoms with van der Waals surface area (Å²) in [6.07, 6.45) is 2.02. The van der Waals surface area contributed by atoms with Crippen molar-refractivity contribution < 1.29 is 19.1 Å². The summed E-state index contributed by atoms with van der Waals surface area (Å²) in [4.78, 5) is 9.84. The van der Waals surface area contributed by atoms with Crippen molar-refractivity contribution in [3.05, 3.63) is 54.0 Å². The number of pyridine rings is 1. The van der Waals surface area contributed by atoms with Crippen LogP contribution in [0.5, 0.6) is 11.5 Å². The van der Waals surface area contributed by atoms with Gasteiger partial charge in [-0.25, -0.2) is 4.98 Å². The number of rotatable bonds is 3. The molecule has 1 aliphatic rings. The van der Waals surface area contributed by atoms with Crippen LogP contribution in [-0.2, 0) is 10.4 Å². The van der Waals surface area contributed by atoms with Gasteiger partial charge in [0.25, 0.3) is 5.89 Å². The van der Waals surface area contributed by atoms with Crippen molar-refractivity contribution in [2.75, 3.05) is 0 Å². The molecule has 1 aromatic carbocycles. The maximum atomic E-state index is 9.42. The fourth-order valence-electron chi connectivity index (χ4n) is 2.63. The van der Waals surface area contributed by atoms with Crippen molar-refractivity contribution in [2.24, 2.45) is 5.16 Å². The van der Waals surface area contributed by atoms with E-state index in [0.717, 1.165) is 5.56 Å². The van der Waals surface area contributed by atoms with Crippen molar-refractivity contribution in [2.45, 2.75) is 25.9 Å². The second-order valence-electron chi connectivity index (χ2n) is 6.14. The number of phenolic OH excluding ortho intramolecular Hbond substituents is 1. The zero-order chi connectivity index (χ0) is 18.1. The number of phenols is 1. The lowest BCUT2D eigenvalue weighted by Gasteiger charge is -2.21. The molecular formula is C18H16N4O4. The molecule has 0 fully saturated rings. The summed E-state index contributed by atoms with van der Waals surface area (Å²) in [6.45, 7) is 3.63. The summed E-state index contributed by atoms with van der Waals surface area (Å²) >= 11 is 0. The Bertz CT molecular complexity index is 950. The van der Waals surface area contributed by atoms with E-state index >= 15 is 0 Å². The van der Waals surface area contributed by atoms with Crippen LogP contribution >= 0.6 is 0 Å². The zero-order valence-electron chi connectivity index (χ0n) is 14.2. The molecule has 0 aliphatic carbocycles. The van der Waals surface area contributed by atoms with Gasteiger partial charge in [0.1, 0.15) is 17.2 Å². The topological polar surface area (TPSA) is 103 Å². The van der Waals surface area contributed by atoms with E-state index in [1.54, 1.807) is 49.5 Å². The van der Waals surface area contributed by atoms with E-state index in [0.29, 0.717) is 35.5 Å². The highest BCUT2D eigenvalue weighted by Gasteiger charge is 2.37. The van der Waals surface area contributed by atoms with E-state index in [2.05, 4.69) is 20.3 Å². The standard InChI is InChI=1S/C18H16N4O4/c1-11-20-21-17(24-11)15-8-7-14(10-19-15)25-16-9-18(2,26-22-16)12-3-5-13(23)6-4-12/h3-8,10,23H,9H2,1-2H3/t18-/m1/s1. The number of oxime groups is 1. The molecule has 4 rings (SSSR count). The smallest absolute Gasteiger partial charge is 0.266 e. The van der Waals surface area contributed by atoms with Gasteiger partial charge in [-0.15, -0.1) is 10.2 Å². The maximum Gasteiger partial charge on any atom is 0.266 e. The van der Waals surface area contributed by atoms with E-state index in [1.807, 2.05) is 6.92 Å². The first-order chi connectivity index (χ1) is 12.5. The Balaban J connectivity index is 1.44. The first-order valence-corrected chi connectivity index (χ1v) is 8.01. The summed E-state index contributed by atoms with van der Waals surface area (Å²) in [5, 5.41) is 21.2. The Morgan fingerprint density at radius 1 is 1.12 bits per heavy atom. The Kier molecular flexibility index (Phi) is 3.80. The fourth-order valence-corrected chi connectivity index (χ4v) is 2.63. The summed E-state index contributed by atoms with van der Waals surface area (Å²) in [5.41, 5.74) is 0.826. The molecule has 3 heterocycles. The number of aromatic nitrogens is 3. The van der Waals surface area contributed by atoms with Crippen LogP contribution in [0.15, 0.2) is 52.2 Å². The number of aromatic hydroxyl groups is 1. The molecule has 0 bridgehead atoms. The van der Waals surface area contributed by atoms with Gasteiger partial charge in [0.15, 0.2) is 5.60 Å². The highest BCUT2D eigenvalue weighted by atomic mass is 16.7. The van der Waals surface area contributed by atoms with Crippen LogP contribution in [0.3, 0.4) is 0 Å². The van der Waals surface area contributed by atoms with Gasteiger partial charge in [0.05, 0.1) is 12.6 Å². The highest BCUT2D eigenvalue weighted by molar-refractivity contribution is 5.80. The molecule has 1 aliphatic heterocycles. The van der Waals surface area contributed by atoms with Gasteiger partial charge in [-0.2, -0.15) is 0 Å². The quantitative estimate of drug-likeness (QED) is 0.772. The molecule has 0 spiro atoms. The lowest BCUT2D eigenvalue weighted by molar-refractivity contribution is -0.00742. The maximum absolute atomic E-state index is 9.42. The number of benzene rings is 1. The van der Waals surface area contributed by atoms with E-state index in [-0.39, 0.29) is 5.75 Å². The molecule has 0 radical (unpaired) electrons. The van der Waals surface area contributed by atoms with Crippen LogP contribution in [0.1, 0.15) is 24.8 Å². The van der Waals surface area contributed by atoms with Crippen LogP contribution in [-0.4, -0.2) is 26.2 Å². The van der Waals surface area contributed by atoms with E-state index in [4.69, 9.17) is 14.0 Å². The van der Waals surface area contributed by atoms with Gasteiger partial charge in [-0.3, -0.25) is 0 Å². The van der Waals surface area contributed by atoms with Crippen molar-refractivity contribution in [3.63, 3.8) is 0 Å². The third kappa shape index (κ3) is 3.08. The van der Waals surface area contributed by atoms with E-state index in [1.165, 1.54) is 0 Å². The number of ether oxygens (including phenoxy) is 1. The average molecular weight is 352 g/mol. The third-order valence-electron chi connectivity index (χ3n) is 4.03. The number of aryl methyl sites for hydroxylation is 1. The molecule has 1 atom stereocenters. The third-order valence-corrected chi connectivity index (χ3v) is 4.03. The number of hydrogen-bond donors (Lipinski definition) is 1. The normalized spacial score (nSPS) is 19.1. The van der Waals surface area contributed by atoms with Crippen LogP contribution in [0, 0.1) is 6.92 Å². The van der Waals surface area contributed by atoms with Gasteiger partial charge in [-0.05, 0) is 36.8 Å². The van der Waals surface area contributed by atoms with Gasteiger partial charge in [0.2, 0.25) is 11.8 Å². The van der Waals surface area contributed by atoms with E-state index in [9.17, 15) is 5.11 Å². The predicted octanol–water partition coefficient (Wildman–Crippen LogP) is 3.17. The molecule has 132 valence electrons. The van der Waals surface area contributed by atoms with Gasteiger partial charge < -0.3 is 19.1 Å². The highest BCUT2D eigenvalue weighted by Crippen LogP contribution is 2.35. The molecule has 8 heteroatoms. The van der Waals surface area contributed by atoms with E-state index < -0.39 is 5.60 Å². The van der Waals surface area contributed by atoms with Crippen molar-refractivity contribution >= 4 is 5.90 Å². The van der Waals surface area contributed by atoms with Gasteiger partial charge in [-0.1, -0.05) is 17.3 Å². The van der Waals surface area contributed by atoms with Crippen LogP contribution in [0.2, 0.25) is 0 Å². The Labute approximate surface area is 149 Å². The Morgan fingerprint density at radius 3 is 2.58 bits per heavy atom.